The van der Waals surface area contributed by atoms with Crippen LogP contribution in [0, 0.1) is 6.92 Å². The first-order chi connectivity index (χ1) is 7.51. The number of rotatable bonds is 2. The summed E-state index contributed by atoms with van der Waals surface area (Å²) in [6, 6.07) is -0.541. The molecule has 0 radical (unpaired) electrons. The number of nitrogens with two attached hydrogens (primary N) is 1. The summed E-state index contributed by atoms with van der Waals surface area (Å²) >= 11 is 0. The zero-order chi connectivity index (χ0) is 11.9. The van der Waals surface area contributed by atoms with Crippen molar-refractivity contribution in [3.8, 4) is 0 Å². The molecule has 3 amide bonds. The molecule has 7 nitrogen and oxygen atoms in total. The molecule has 0 unspecified atom stereocenters. The van der Waals surface area contributed by atoms with E-state index in [9.17, 15) is 9.59 Å². The van der Waals surface area contributed by atoms with Gasteiger partial charge in [-0.05, 0) is 6.92 Å². The highest BCUT2D eigenvalue weighted by Crippen LogP contribution is 2.24. The van der Waals surface area contributed by atoms with Gasteiger partial charge in [-0.2, -0.15) is 0 Å². The maximum atomic E-state index is 11.8. The van der Waals surface area contributed by atoms with Crippen LogP contribution in [-0.2, 0) is 17.4 Å². The Kier molecular flexibility index (Phi) is 3.44. The van der Waals surface area contributed by atoms with Gasteiger partial charge in [-0.3, -0.25) is 10.1 Å². The van der Waals surface area contributed by atoms with E-state index < -0.39 is 17.5 Å². The SMILES string of the molecule is Cc1c([C@@]2(CN)NC(=O)NC2=O)ncn1C.Cl. The Balaban J connectivity index is 0.00000144. The number of nitrogens with one attached hydrogen (secondary N) is 2. The van der Waals surface area contributed by atoms with E-state index in [4.69, 9.17) is 5.73 Å². The van der Waals surface area contributed by atoms with Crippen LogP contribution in [0.25, 0.3) is 0 Å². The number of imide groups is 1. The zero-order valence-electron chi connectivity index (χ0n) is 9.48. The van der Waals surface area contributed by atoms with E-state index in [1.165, 1.54) is 0 Å². The second-order valence-electron chi connectivity index (χ2n) is 3.81. The normalized spacial score (nSPS) is 23.0. The lowest BCUT2D eigenvalue weighted by Gasteiger charge is -2.22. The van der Waals surface area contributed by atoms with E-state index in [2.05, 4.69) is 15.6 Å². The molecule has 8 heteroatoms. The Morgan fingerprint density at radius 3 is 2.53 bits per heavy atom. The van der Waals surface area contributed by atoms with Gasteiger partial charge in [0, 0.05) is 19.3 Å². The predicted molar refractivity (Wildman–Crippen MR) is 62.6 cm³/mol. The largest absolute Gasteiger partial charge is 0.338 e. The van der Waals surface area contributed by atoms with Gasteiger partial charge in [0.1, 0.15) is 0 Å². The molecule has 1 aliphatic heterocycles. The Hall–Kier alpha value is -1.60. The van der Waals surface area contributed by atoms with Gasteiger partial charge in [-0.15, -0.1) is 12.4 Å². The number of nitrogens with zero attached hydrogens (tertiary/aromatic N) is 2. The lowest BCUT2D eigenvalue weighted by molar-refractivity contribution is -0.124. The standard InChI is InChI=1S/C9H13N5O2.ClH/c1-5-6(11-4-14(5)2)9(3-10)7(15)12-8(16)13-9;/h4H,3,10H2,1-2H3,(H2,12,13,15,16);1H/t9-;/m1./s1. The number of halogens is 1. The Morgan fingerprint density at radius 2 is 2.18 bits per heavy atom. The van der Waals surface area contributed by atoms with Crippen LogP contribution in [0.1, 0.15) is 11.4 Å². The van der Waals surface area contributed by atoms with Crippen LogP contribution >= 0.6 is 12.4 Å². The second kappa shape index (κ2) is 4.34. The minimum Gasteiger partial charge on any atom is -0.338 e. The van der Waals surface area contributed by atoms with Crippen LogP contribution in [0.3, 0.4) is 0 Å². The van der Waals surface area contributed by atoms with Crippen molar-refractivity contribution in [2.45, 2.75) is 12.5 Å². The van der Waals surface area contributed by atoms with E-state index in [0.717, 1.165) is 5.69 Å². The van der Waals surface area contributed by atoms with Crippen LogP contribution in [-0.4, -0.2) is 28.0 Å². The third-order valence-corrected chi connectivity index (χ3v) is 2.88. The summed E-state index contributed by atoms with van der Waals surface area (Å²) in [4.78, 5) is 27.1. The fourth-order valence-electron chi connectivity index (χ4n) is 1.81. The van der Waals surface area contributed by atoms with Gasteiger partial charge in [0.25, 0.3) is 5.91 Å². The monoisotopic (exact) mass is 259 g/mol. The van der Waals surface area contributed by atoms with Crippen molar-refractivity contribution in [2.24, 2.45) is 12.8 Å². The Morgan fingerprint density at radius 1 is 1.53 bits per heavy atom. The maximum Gasteiger partial charge on any atom is 0.322 e. The minimum atomic E-state index is -1.23. The van der Waals surface area contributed by atoms with Gasteiger partial charge in [0.05, 0.1) is 12.0 Å². The number of carbonyl (C=O) groups is 2. The number of carbonyl (C=O) groups excluding carboxylic acids is 2. The van der Waals surface area contributed by atoms with E-state index in [1.54, 1.807) is 10.9 Å². The molecule has 94 valence electrons. The summed E-state index contributed by atoms with van der Waals surface area (Å²) < 4.78 is 1.77. The van der Waals surface area contributed by atoms with Crippen molar-refractivity contribution in [1.29, 1.82) is 0 Å². The van der Waals surface area contributed by atoms with E-state index in [1.807, 2.05) is 14.0 Å². The number of hydrogen-bond acceptors (Lipinski definition) is 4. The molecule has 0 spiro atoms. The highest BCUT2D eigenvalue weighted by molar-refractivity contribution is 6.07. The lowest BCUT2D eigenvalue weighted by Crippen LogP contribution is -2.50. The molecule has 0 bridgehead atoms. The molecule has 4 N–H and O–H groups in total. The molecule has 1 saturated heterocycles. The number of urea groups is 1. The van der Waals surface area contributed by atoms with Gasteiger partial charge in [-0.1, -0.05) is 0 Å². The van der Waals surface area contributed by atoms with E-state index >= 15 is 0 Å². The number of aryl methyl sites for hydroxylation is 1. The number of hydrogen-bond donors (Lipinski definition) is 3. The fraction of sp³-hybridized carbons (Fsp3) is 0.444. The molecule has 1 aromatic rings. The van der Waals surface area contributed by atoms with Crippen molar-refractivity contribution < 1.29 is 9.59 Å². The van der Waals surface area contributed by atoms with Crippen LogP contribution < -0.4 is 16.4 Å². The lowest BCUT2D eigenvalue weighted by atomic mass is 9.94. The molecule has 2 rings (SSSR count). The first kappa shape index (κ1) is 13.5. The Bertz CT molecular complexity index is 472. The summed E-state index contributed by atoms with van der Waals surface area (Å²) in [6.07, 6.45) is 1.58. The highest BCUT2D eigenvalue weighted by atomic mass is 35.5. The summed E-state index contributed by atoms with van der Waals surface area (Å²) in [5.41, 5.74) is 5.65. The molecule has 1 atom stereocenters. The first-order valence-electron chi connectivity index (χ1n) is 4.83. The third-order valence-electron chi connectivity index (χ3n) is 2.88. The Labute approximate surface area is 104 Å². The molecule has 1 aromatic heterocycles. The third kappa shape index (κ3) is 1.77. The first-order valence-corrected chi connectivity index (χ1v) is 4.83. The van der Waals surface area contributed by atoms with Crippen molar-refractivity contribution in [3.63, 3.8) is 0 Å². The number of amides is 3. The summed E-state index contributed by atoms with van der Waals surface area (Å²) in [7, 11) is 1.81. The van der Waals surface area contributed by atoms with Crippen LogP contribution in [0.4, 0.5) is 4.79 Å². The van der Waals surface area contributed by atoms with Gasteiger partial charge >= 0.3 is 6.03 Å². The molecule has 2 heterocycles. The molecule has 0 saturated carbocycles. The molecule has 0 aliphatic carbocycles. The summed E-state index contributed by atoms with van der Waals surface area (Å²) in [5.74, 6) is -0.457. The fourth-order valence-corrected chi connectivity index (χ4v) is 1.81. The summed E-state index contributed by atoms with van der Waals surface area (Å²) in [5, 5.41) is 4.71. The van der Waals surface area contributed by atoms with Gasteiger partial charge < -0.3 is 15.6 Å². The molecule has 0 aromatic carbocycles. The average molecular weight is 260 g/mol. The molecule has 1 aliphatic rings. The van der Waals surface area contributed by atoms with Crippen molar-refractivity contribution in [3.05, 3.63) is 17.7 Å². The molecular formula is C9H14ClN5O2. The molecule has 1 fully saturated rings. The van der Waals surface area contributed by atoms with Crippen molar-refractivity contribution in [1.82, 2.24) is 20.2 Å². The maximum absolute atomic E-state index is 11.8. The van der Waals surface area contributed by atoms with Crippen LogP contribution in [0.5, 0.6) is 0 Å². The van der Waals surface area contributed by atoms with Crippen molar-refractivity contribution in [2.75, 3.05) is 6.54 Å². The average Bonchev–Trinajstić information content (AvgIpc) is 2.70. The molecule has 17 heavy (non-hydrogen) atoms. The van der Waals surface area contributed by atoms with Gasteiger partial charge in [0.15, 0.2) is 5.54 Å². The predicted octanol–water partition coefficient (Wildman–Crippen LogP) is -0.856. The van der Waals surface area contributed by atoms with Crippen molar-refractivity contribution >= 4 is 24.3 Å². The highest BCUT2D eigenvalue weighted by Gasteiger charge is 2.49. The van der Waals surface area contributed by atoms with Gasteiger partial charge in [0.2, 0.25) is 0 Å². The zero-order valence-corrected chi connectivity index (χ0v) is 10.3. The van der Waals surface area contributed by atoms with Crippen LogP contribution in [0.2, 0.25) is 0 Å². The van der Waals surface area contributed by atoms with E-state index in [0.29, 0.717) is 5.69 Å². The quantitative estimate of drug-likeness (QED) is 0.602. The smallest absolute Gasteiger partial charge is 0.322 e. The number of imidazole rings is 1. The van der Waals surface area contributed by atoms with Gasteiger partial charge in [-0.25, -0.2) is 9.78 Å². The van der Waals surface area contributed by atoms with Crippen LogP contribution in [0.15, 0.2) is 6.33 Å². The minimum absolute atomic E-state index is 0. The summed E-state index contributed by atoms with van der Waals surface area (Å²) in [6.45, 7) is 1.79. The number of aromatic nitrogens is 2. The van der Waals surface area contributed by atoms with E-state index in [-0.39, 0.29) is 19.0 Å². The molecular weight excluding hydrogens is 246 g/mol. The second-order valence-corrected chi connectivity index (χ2v) is 3.81. The topological polar surface area (TPSA) is 102 Å².